The number of esters is 2. The summed E-state index contributed by atoms with van der Waals surface area (Å²) in [5.74, 6) is 2.13. The fourth-order valence-corrected chi connectivity index (χ4v) is 2.73. The second-order valence-electron chi connectivity index (χ2n) is 9.68. The van der Waals surface area contributed by atoms with E-state index < -0.39 is 5.60 Å². The van der Waals surface area contributed by atoms with Crippen LogP contribution < -0.4 is 14.2 Å². The molecule has 0 aliphatic carbocycles. The smallest absolute Gasteiger partial charge is 0.333 e. The Labute approximate surface area is 259 Å². The summed E-state index contributed by atoms with van der Waals surface area (Å²) < 4.78 is 24.6. The van der Waals surface area contributed by atoms with Crippen LogP contribution in [0.5, 0.6) is 17.2 Å². The van der Waals surface area contributed by atoms with E-state index >= 15 is 0 Å². The molecule has 3 rings (SSSR count). The number of hydrogen-bond acceptors (Lipinski definition) is 7. The summed E-state index contributed by atoms with van der Waals surface area (Å²) in [4.78, 5) is 20.4. The second kappa shape index (κ2) is 23.3. The van der Waals surface area contributed by atoms with Crippen LogP contribution in [0.15, 0.2) is 84.9 Å². The predicted molar refractivity (Wildman–Crippen MR) is 177 cm³/mol. The van der Waals surface area contributed by atoms with Crippen molar-refractivity contribution in [1.82, 2.24) is 0 Å². The zero-order chi connectivity index (χ0) is 33.4. The molecule has 3 aromatic carbocycles. The number of carbonyl (C=O) groups excluding carboxylic acids is 2. The third kappa shape index (κ3) is 21.2. The Morgan fingerprint density at radius 3 is 1.30 bits per heavy atom. The topological polar surface area (TPSA) is 80.3 Å². The predicted octanol–water partition coefficient (Wildman–Crippen LogP) is 8.87. The van der Waals surface area contributed by atoms with E-state index in [0.717, 1.165) is 17.2 Å². The average molecular weight is 597 g/mol. The van der Waals surface area contributed by atoms with E-state index in [9.17, 15) is 9.59 Å². The van der Waals surface area contributed by atoms with Crippen molar-refractivity contribution in [2.75, 3.05) is 27.9 Å². The van der Waals surface area contributed by atoms with Crippen molar-refractivity contribution in [3.8, 4) is 28.4 Å². The van der Waals surface area contributed by atoms with Gasteiger partial charge in [0.25, 0.3) is 0 Å². The highest BCUT2D eigenvalue weighted by molar-refractivity contribution is 5.87. The van der Waals surface area contributed by atoms with Gasteiger partial charge in [-0.1, -0.05) is 62.4 Å². The Morgan fingerprint density at radius 2 is 1.05 bits per heavy atom. The first-order valence-electron chi connectivity index (χ1n) is 14.2. The molecule has 7 nitrogen and oxygen atoms in total. The molecule has 0 aliphatic heterocycles. The Bertz CT molecular complexity index is 1160. The SMILES string of the molecule is C=C(C)C(=O)OC(C)(C)C.CC.CCOc1ccc(-c2ccc(OC)cc2)cc1.COC(C)=O.COc1ccc(C)cc1. The molecule has 238 valence electrons. The molecule has 3 aromatic rings. The van der Waals surface area contributed by atoms with Crippen LogP contribution in [0.25, 0.3) is 11.1 Å². The summed E-state index contributed by atoms with van der Waals surface area (Å²) in [6.45, 7) is 20.7. The van der Waals surface area contributed by atoms with Crippen LogP contribution in [0.2, 0.25) is 0 Å². The maximum atomic E-state index is 10.8. The number of hydrogen-bond donors (Lipinski definition) is 0. The van der Waals surface area contributed by atoms with Crippen LogP contribution in [0.1, 0.15) is 61.0 Å². The van der Waals surface area contributed by atoms with Gasteiger partial charge in [-0.15, -0.1) is 0 Å². The number of aryl methyl sites for hydroxylation is 1. The maximum Gasteiger partial charge on any atom is 0.333 e. The van der Waals surface area contributed by atoms with Gasteiger partial charge in [-0.2, -0.15) is 0 Å². The summed E-state index contributed by atoms with van der Waals surface area (Å²) in [5, 5.41) is 0. The molecular weight excluding hydrogens is 544 g/mol. The minimum absolute atomic E-state index is 0.245. The zero-order valence-electron chi connectivity index (χ0n) is 28.2. The zero-order valence-corrected chi connectivity index (χ0v) is 28.2. The van der Waals surface area contributed by atoms with Crippen molar-refractivity contribution in [2.45, 2.75) is 67.9 Å². The molecule has 0 aliphatic rings. The van der Waals surface area contributed by atoms with Gasteiger partial charge in [-0.25, -0.2) is 4.79 Å². The molecule has 0 N–H and O–H groups in total. The van der Waals surface area contributed by atoms with E-state index in [0.29, 0.717) is 12.2 Å². The monoisotopic (exact) mass is 596 g/mol. The first-order chi connectivity index (χ1) is 20.3. The third-order valence-corrected chi connectivity index (χ3v) is 4.88. The molecule has 0 amide bonds. The van der Waals surface area contributed by atoms with Gasteiger partial charge in [0.2, 0.25) is 0 Å². The quantitative estimate of drug-likeness (QED) is 0.208. The highest BCUT2D eigenvalue weighted by atomic mass is 16.6. The van der Waals surface area contributed by atoms with Crippen molar-refractivity contribution >= 4 is 11.9 Å². The first-order valence-corrected chi connectivity index (χ1v) is 14.2. The Balaban J connectivity index is 0. The van der Waals surface area contributed by atoms with Gasteiger partial charge < -0.3 is 23.7 Å². The standard InChI is InChI=1S/C15H16O2.C8H14O2.C8H10O.C3H6O2.C2H6/c1-3-17-15-10-6-13(7-11-15)12-4-8-14(16-2)9-5-12;1-6(2)7(9)10-8(3,4)5;1-7-3-5-8(9-2)6-4-7;1-3(4)5-2;1-2/h4-11H,3H2,1-2H3;1H2,2-5H3;3-6H,1-2H3;1-2H3;1-2H3. The highest BCUT2D eigenvalue weighted by Crippen LogP contribution is 2.24. The lowest BCUT2D eigenvalue weighted by molar-refractivity contribution is -0.149. The van der Waals surface area contributed by atoms with Crippen LogP contribution >= 0.6 is 0 Å². The molecule has 43 heavy (non-hydrogen) atoms. The van der Waals surface area contributed by atoms with E-state index in [4.69, 9.17) is 18.9 Å². The lowest BCUT2D eigenvalue weighted by Gasteiger charge is -2.19. The third-order valence-electron chi connectivity index (χ3n) is 4.88. The number of ether oxygens (including phenoxy) is 5. The summed E-state index contributed by atoms with van der Waals surface area (Å²) >= 11 is 0. The van der Waals surface area contributed by atoms with Gasteiger partial charge in [-0.3, -0.25) is 4.79 Å². The lowest BCUT2D eigenvalue weighted by Crippen LogP contribution is -2.23. The first kappa shape index (κ1) is 40.9. The van der Waals surface area contributed by atoms with Crippen LogP contribution in [-0.2, 0) is 19.1 Å². The van der Waals surface area contributed by atoms with Crippen LogP contribution in [-0.4, -0.2) is 45.5 Å². The van der Waals surface area contributed by atoms with Crippen molar-refractivity contribution in [1.29, 1.82) is 0 Å². The molecule has 0 unspecified atom stereocenters. The average Bonchev–Trinajstić information content (AvgIpc) is 2.99. The summed E-state index contributed by atoms with van der Waals surface area (Å²) in [7, 11) is 4.69. The summed E-state index contributed by atoms with van der Waals surface area (Å²) in [6.07, 6.45) is 0. The molecule has 0 atom stereocenters. The largest absolute Gasteiger partial charge is 0.497 e. The second-order valence-corrected chi connectivity index (χ2v) is 9.68. The van der Waals surface area contributed by atoms with Crippen molar-refractivity contribution in [2.24, 2.45) is 0 Å². The number of carbonyl (C=O) groups is 2. The van der Waals surface area contributed by atoms with Crippen LogP contribution in [0.4, 0.5) is 0 Å². The van der Waals surface area contributed by atoms with Gasteiger partial charge in [0.05, 0.1) is 27.9 Å². The fourth-order valence-electron chi connectivity index (χ4n) is 2.73. The molecule has 7 heteroatoms. The fraction of sp³-hybridized carbons (Fsp3) is 0.389. The van der Waals surface area contributed by atoms with Gasteiger partial charge in [0, 0.05) is 12.5 Å². The van der Waals surface area contributed by atoms with Crippen molar-refractivity contribution < 1.29 is 33.3 Å². The molecular formula is C36H52O7. The summed E-state index contributed by atoms with van der Waals surface area (Å²) in [6, 6.07) is 24.1. The van der Waals surface area contributed by atoms with Gasteiger partial charge in [0.1, 0.15) is 22.8 Å². The number of rotatable bonds is 6. The van der Waals surface area contributed by atoms with Crippen molar-refractivity contribution in [3.63, 3.8) is 0 Å². The molecule has 0 saturated carbocycles. The Morgan fingerprint density at radius 1 is 0.698 bits per heavy atom. The minimum Gasteiger partial charge on any atom is -0.497 e. The van der Waals surface area contributed by atoms with Gasteiger partial charge in [-0.05, 0) is 89.1 Å². The van der Waals surface area contributed by atoms with E-state index in [-0.39, 0.29) is 11.9 Å². The normalized spacial score (nSPS) is 9.30. The highest BCUT2D eigenvalue weighted by Gasteiger charge is 2.15. The molecule has 0 fully saturated rings. The summed E-state index contributed by atoms with van der Waals surface area (Å²) in [5.41, 5.74) is 3.64. The molecule has 0 saturated heterocycles. The van der Waals surface area contributed by atoms with Gasteiger partial charge >= 0.3 is 11.9 Å². The molecule has 0 heterocycles. The Kier molecular flexibility index (Phi) is 22.2. The Hall–Kier alpha value is -4.26. The van der Waals surface area contributed by atoms with E-state index in [1.165, 1.54) is 30.7 Å². The lowest BCUT2D eigenvalue weighted by atomic mass is 10.1. The van der Waals surface area contributed by atoms with E-state index in [1.54, 1.807) is 21.1 Å². The maximum absolute atomic E-state index is 10.8. The van der Waals surface area contributed by atoms with Gasteiger partial charge in [0.15, 0.2) is 0 Å². The van der Waals surface area contributed by atoms with Crippen LogP contribution in [0, 0.1) is 6.92 Å². The molecule has 0 radical (unpaired) electrons. The van der Waals surface area contributed by atoms with E-state index in [1.807, 2.05) is 90.1 Å². The number of benzene rings is 3. The molecule has 0 aromatic heterocycles. The molecule has 0 bridgehead atoms. The van der Waals surface area contributed by atoms with Crippen molar-refractivity contribution in [3.05, 3.63) is 90.5 Å². The minimum atomic E-state index is -0.407. The number of methoxy groups -OCH3 is 3. The van der Waals surface area contributed by atoms with E-state index in [2.05, 4.69) is 42.5 Å². The molecule has 0 spiro atoms. The van der Waals surface area contributed by atoms with Crippen LogP contribution in [0.3, 0.4) is 0 Å².